The van der Waals surface area contributed by atoms with Gasteiger partial charge in [-0.1, -0.05) is 36.0 Å². The Morgan fingerprint density at radius 3 is 2.55 bits per heavy atom. The lowest BCUT2D eigenvalue weighted by Gasteiger charge is -2.18. The quantitative estimate of drug-likeness (QED) is 0.381. The van der Waals surface area contributed by atoms with Crippen LogP contribution in [0.1, 0.15) is 30.8 Å². The molecule has 0 aliphatic carbocycles. The van der Waals surface area contributed by atoms with Crippen LogP contribution in [-0.2, 0) is 11.3 Å². The summed E-state index contributed by atoms with van der Waals surface area (Å²) in [6, 6.07) is 14.6. The first-order valence-corrected chi connectivity index (χ1v) is 11.2. The molecule has 4 aromatic rings. The number of thioether (sulfide) groups is 1. The molecule has 2 aromatic heterocycles. The van der Waals surface area contributed by atoms with Crippen molar-refractivity contribution >= 4 is 33.6 Å². The molecule has 0 radical (unpaired) electrons. The second kappa shape index (κ2) is 8.28. The molecule has 0 bridgehead atoms. The van der Waals surface area contributed by atoms with E-state index in [0.29, 0.717) is 39.3 Å². The Hall–Kier alpha value is -2.97. The Morgan fingerprint density at radius 2 is 1.81 bits per heavy atom. The van der Waals surface area contributed by atoms with E-state index in [1.165, 1.54) is 11.8 Å². The maximum Gasteiger partial charge on any atom is 0.262 e. The van der Waals surface area contributed by atoms with Crippen molar-refractivity contribution in [3.05, 3.63) is 75.1 Å². The number of aromatic amines is 1. The van der Waals surface area contributed by atoms with Gasteiger partial charge in [-0.25, -0.2) is 9.97 Å². The minimum atomic E-state index is -0.207. The Bertz CT molecular complexity index is 1370. The number of nitrogens with one attached hydrogen (secondary N) is 1. The van der Waals surface area contributed by atoms with E-state index in [-0.39, 0.29) is 22.5 Å². The van der Waals surface area contributed by atoms with E-state index in [1.54, 1.807) is 16.7 Å². The van der Waals surface area contributed by atoms with Crippen LogP contribution < -0.4 is 11.1 Å². The minimum Gasteiger partial charge on any atom is -0.376 e. The van der Waals surface area contributed by atoms with Crippen molar-refractivity contribution in [2.24, 2.45) is 0 Å². The smallest absolute Gasteiger partial charge is 0.262 e. The summed E-state index contributed by atoms with van der Waals surface area (Å²) in [7, 11) is 0. The third kappa shape index (κ3) is 3.88. The van der Waals surface area contributed by atoms with Crippen LogP contribution in [-0.4, -0.2) is 32.2 Å². The second-order valence-corrected chi connectivity index (χ2v) is 9.00. The average Bonchev–Trinajstić information content (AvgIpc) is 3.30. The van der Waals surface area contributed by atoms with Gasteiger partial charge in [-0.15, -0.1) is 0 Å². The largest absolute Gasteiger partial charge is 0.376 e. The van der Waals surface area contributed by atoms with Gasteiger partial charge in [0.1, 0.15) is 5.82 Å². The van der Waals surface area contributed by atoms with Gasteiger partial charge in [-0.2, -0.15) is 0 Å². The highest BCUT2D eigenvalue weighted by Gasteiger charge is 2.22. The van der Waals surface area contributed by atoms with Crippen LogP contribution in [0.2, 0.25) is 0 Å². The van der Waals surface area contributed by atoms with Crippen LogP contribution in [0.3, 0.4) is 0 Å². The second-order valence-electron chi connectivity index (χ2n) is 7.69. The molecule has 1 fully saturated rings. The van der Waals surface area contributed by atoms with Crippen molar-refractivity contribution < 1.29 is 4.74 Å². The first kappa shape index (κ1) is 20.0. The van der Waals surface area contributed by atoms with Gasteiger partial charge in [-0.05, 0) is 44.0 Å². The molecule has 0 saturated carbocycles. The number of rotatable bonds is 5. The van der Waals surface area contributed by atoms with E-state index in [2.05, 4.69) is 9.97 Å². The number of hydrogen-bond acceptors (Lipinski definition) is 6. The third-order valence-corrected chi connectivity index (χ3v) is 6.63. The fraction of sp³-hybridized carbons (Fsp3) is 0.304. The summed E-state index contributed by atoms with van der Waals surface area (Å²) in [6.07, 6.45) is 1.94. The van der Waals surface area contributed by atoms with Crippen LogP contribution in [0, 0.1) is 0 Å². The summed E-state index contributed by atoms with van der Waals surface area (Å²) < 4.78 is 7.48. The first-order valence-electron chi connectivity index (χ1n) is 10.4. The zero-order chi connectivity index (χ0) is 21.4. The molecule has 3 heterocycles. The van der Waals surface area contributed by atoms with Crippen LogP contribution in [0.15, 0.2) is 63.3 Å². The van der Waals surface area contributed by atoms with Gasteiger partial charge in [0.15, 0.2) is 5.16 Å². The number of hydrogen-bond donors (Lipinski definition) is 1. The maximum absolute atomic E-state index is 13.3. The topological polar surface area (TPSA) is 89.9 Å². The van der Waals surface area contributed by atoms with E-state index in [0.717, 1.165) is 19.4 Å². The fourth-order valence-electron chi connectivity index (χ4n) is 3.90. The molecule has 0 spiro atoms. The van der Waals surface area contributed by atoms with Gasteiger partial charge in [0, 0.05) is 6.61 Å². The number of ether oxygens (including phenoxy) is 1. The van der Waals surface area contributed by atoms with E-state index < -0.39 is 0 Å². The molecule has 1 N–H and O–H groups in total. The molecule has 1 aliphatic heterocycles. The van der Waals surface area contributed by atoms with Crippen molar-refractivity contribution in [1.29, 1.82) is 0 Å². The van der Waals surface area contributed by atoms with Crippen molar-refractivity contribution in [1.82, 2.24) is 19.5 Å². The number of fused-ring (bicyclic) bond motifs is 2. The van der Waals surface area contributed by atoms with E-state index in [9.17, 15) is 9.59 Å². The van der Waals surface area contributed by atoms with Crippen molar-refractivity contribution in [3.63, 3.8) is 0 Å². The first-order chi connectivity index (χ1) is 15.1. The van der Waals surface area contributed by atoms with E-state index in [4.69, 9.17) is 9.72 Å². The van der Waals surface area contributed by atoms with Crippen molar-refractivity contribution in [2.45, 2.75) is 42.8 Å². The molecule has 1 saturated heterocycles. The summed E-state index contributed by atoms with van der Waals surface area (Å²) in [5, 5.41) is 1.54. The number of benzene rings is 2. The van der Waals surface area contributed by atoms with Gasteiger partial charge in [0.2, 0.25) is 0 Å². The third-order valence-electron chi connectivity index (χ3n) is 5.54. The molecule has 8 heteroatoms. The summed E-state index contributed by atoms with van der Waals surface area (Å²) in [4.78, 5) is 38.1. The molecule has 0 amide bonds. The highest BCUT2D eigenvalue weighted by Crippen LogP contribution is 2.32. The lowest BCUT2D eigenvalue weighted by Crippen LogP contribution is -2.29. The van der Waals surface area contributed by atoms with Crippen LogP contribution in [0.25, 0.3) is 21.8 Å². The average molecular weight is 435 g/mol. The Labute approximate surface area is 182 Å². The van der Waals surface area contributed by atoms with Gasteiger partial charge in [0.05, 0.1) is 39.7 Å². The van der Waals surface area contributed by atoms with Gasteiger partial charge < -0.3 is 9.72 Å². The highest BCUT2D eigenvalue weighted by molar-refractivity contribution is 7.99. The van der Waals surface area contributed by atoms with Gasteiger partial charge in [0.25, 0.3) is 11.1 Å². The molecule has 158 valence electrons. The molecular weight excluding hydrogens is 412 g/mol. The molecule has 31 heavy (non-hydrogen) atoms. The molecule has 7 nitrogen and oxygen atoms in total. The number of nitrogens with zero attached hydrogens (tertiary/aromatic N) is 3. The minimum absolute atomic E-state index is 0.00826. The maximum atomic E-state index is 13.3. The fourth-order valence-corrected chi connectivity index (χ4v) is 4.88. The van der Waals surface area contributed by atoms with Gasteiger partial charge in [-0.3, -0.25) is 14.2 Å². The van der Waals surface area contributed by atoms with Crippen LogP contribution in [0.4, 0.5) is 0 Å². The lowest BCUT2D eigenvalue weighted by atomic mass is 10.2. The monoisotopic (exact) mass is 434 g/mol. The zero-order valence-corrected chi connectivity index (χ0v) is 17.9. The number of para-hydroxylation sites is 2. The molecule has 0 unspecified atom stereocenters. The van der Waals surface area contributed by atoms with Crippen LogP contribution in [0.5, 0.6) is 0 Å². The lowest BCUT2D eigenvalue weighted by molar-refractivity contribution is 0.0937. The van der Waals surface area contributed by atoms with E-state index in [1.807, 2.05) is 43.3 Å². The normalized spacial score (nSPS) is 17.4. The summed E-state index contributed by atoms with van der Waals surface area (Å²) in [5.74, 6) is 0.555. The molecule has 1 aliphatic rings. The van der Waals surface area contributed by atoms with Gasteiger partial charge >= 0.3 is 0 Å². The summed E-state index contributed by atoms with van der Waals surface area (Å²) in [5.41, 5.74) is 1.06. The standard InChI is InChI=1S/C23H22N4O3S/c1-14(20-24-18-10-4-2-8-16(18)21(28)26-20)31-23-25-19-11-5-3-9-17(19)22(29)27(23)13-15-7-6-12-30-15/h2-5,8-11,14-15H,6-7,12-13H2,1H3,(H,24,26,28)/t14-,15+/m0/s1. The predicted octanol–water partition coefficient (Wildman–Crippen LogP) is 3.67. The molecule has 2 aromatic carbocycles. The summed E-state index contributed by atoms with van der Waals surface area (Å²) in [6.45, 7) is 3.14. The summed E-state index contributed by atoms with van der Waals surface area (Å²) >= 11 is 1.42. The Morgan fingerprint density at radius 1 is 1.10 bits per heavy atom. The highest BCUT2D eigenvalue weighted by atomic mass is 32.2. The predicted molar refractivity (Wildman–Crippen MR) is 122 cm³/mol. The van der Waals surface area contributed by atoms with E-state index >= 15 is 0 Å². The Balaban J connectivity index is 1.56. The molecule has 5 rings (SSSR count). The molecular formula is C23H22N4O3S. The zero-order valence-electron chi connectivity index (χ0n) is 17.1. The SMILES string of the molecule is C[C@H](Sc1nc2ccccc2c(=O)n1C[C@H]1CCCO1)c1nc2ccccc2c(=O)[nH]1. The van der Waals surface area contributed by atoms with Crippen LogP contribution >= 0.6 is 11.8 Å². The van der Waals surface area contributed by atoms with Crippen molar-refractivity contribution in [3.8, 4) is 0 Å². The number of H-pyrrole nitrogens is 1. The van der Waals surface area contributed by atoms with Crippen molar-refractivity contribution in [2.75, 3.05) is 6.61 Å². The Kier molecular flexibility index (Phi) is 5.33. The molecule has 2 atom stereocenters. The number of aromatic nitrogens is 4.